The number of amides is 1. The number of carboxylic acid groups (broad SMARTS) is 1. The summed E-state index contributed by atoms with van der Waals surface area (Å²) in [5, 5.41) is 20.2. The van der Waals surface area contributed by atoms with Crippen LogP contribution in [0.2, 0.25) is 0 Å². The summed E-state index contributed by atoms with van der Waals surface area (Å²) >= 11 is 0. The molecule has 1 saturated carbocycles. The molecule has 1 aromatic rings. The Morgan fingerprint density at radius 3 is 2.44 bits per heavy atom. The van der Waals surface area contributed by atoms with Crippen LogP contribution < -0.4 is 0 Å². The molecule has 25 heavy (non-hydrogen) atoms. The smallest absolute Gasteiger partial charge is 0.335 e. The summed E-state index contributed by atoms with van der Waals surface area (Å²) in [6.07, 6.45) is 7.20. The van der Waals surface area contributed by atoms with Gasteiger partial charge in [0.05, 0.1) is 10.5 Å². The average molecular weight is 346 g/mol. The van der Waals surface area contributed by atoms with Gasteiger partial charge in [0.15, 0.2) is 0 Å². The number of hydrogen-bond acceptors (Lipinski definition) is 4. The molecule has 0 saturated heterocycles. The highest BCUT2D eigenvalue weighted by molar-refractivity contribution is 5.98. The standard InChI is InChI=1S/C18H22N2O5/c1-2-8-19(12-13-6-4-3-5-7-13)17(21)14-9-15(18(22)23)11-16(10-14)20(24)25/h2,9-11,13H,1,3-8,12H2,(H,22,23). The number of rotatable bonds is 7. The van der Waals surface area contributed by atoms with Crippen molar-refractivity contribution in [3.05, 3.63) is 52.1 Å². The normalized spacial score (nSPS) is 14.7. The highest BCUT2D eigenvalue weighted by Gasteiger charge is 2.24. The van der Waals surface area contributed by atoms with Crippen LogP contribution >= 0.6 is 0 Å². The molecule has 0 radical (unpaired) electrons. The van der Waals surface area contributed by atoms with Crippen molar-refractivity contribution in [3.63, 3.8) is 0 Å². The summed E-state index contributed by atoms with van der Waals surface area (Å²) in [5.74, 6) is -1.31. The number of carbonyl (C=O) groups is 2. The quantitative estimate of drug-likeness (QED) is 0.462. The Balaban J connectivity index is 2.28. The van der Waals surface area contributed by atoms with Gasteiger partial charge in [-0.3, -0.25) is 14.9 Å². The molecule has 7 nitrogen and oxygen atoms in total. The second-order valence-corrected chi connectivity index (χ2v) is 6.33. The summed E-state index contributed by atoms with van der Waals surface area (Å²) in [5.41, 5.74) is -0.655. The van der Waals surface area contributed by atoms with Crippen LogP contribution in [-0.2, 0) is 0 Å². The first-order chi connectivity index (χ1) is 11.9. The van der Waals surface area contributed by atoms with Gasteiger partial charge in [-0.2, -0.15) is 0 Å². The molecule has 1 amide bonds. The second kappa shape index (κ2) is 8.41. The van der Waals surface area contributed by atoms with E-state index in [9.17, 15) is 19.7 Å². The van der Waals surface area contributed by atoms with Crippen LogP contribution in [0.5, 0.6) is 0 Å². The van der Waals surface area contributed by atoms with E-state index < -0.39 is 22.5 Å². The van der Waals surface area contributed by atoms with Gasteiger partial charge < -0.3 is 10.0 Å². The SMILES string of the molecule is C=CCN(CC1CCCCC1)C(=O)c1cc(C(=O)O)cc([N+](=O)[O-])c1. The zero-order chi connectivity index (χ0) is 18.4. The Morgan fingerprint density at radius 1 is 1.24 bits per heavy atom. The van der Waals surface area contributed by atoms with Crippen molar-refractivity contribution < 1.29 is 19.6 Å². The number of nitrogens with zero attached hydrogens (tertiary/aromatic N) is 2. The molecular formula is C18H22N2O5. The van der Waals surface area contributed by atoms with Gasteiger partial charge in [0.25, 0.3) is 11.6 Å². The van der Waals surface area contributed by atoms with E-state index in [0.29, 0.717) is 19.0 Å². The zero-order valence-electron chi connectivity index (χ0n) is 14.0. The number of nitro groups is 1. The molecule has 1 aromatic carbocycles. The number of carbonyl (C=O) groups excluding carboxylic acids is 1. The second-order valence-electron chi connectivity index (χ2n) is 6.33. The molecule has 0 unspecified atom stereocenters. The van der Waals surface area contributed by atoms with E-state index >= 15 is 0 Å². The van der Waals surface area contributed by atoms with Crippen molar-refractivity contribution in [2.75, 3.05) is 13.1 Å². The Kier molecular flexibility index (Phi) is 6.27. The van der Waals surface area contributed by atoms with Gasteiger partial charge in [0, 0.05) is 30.8 Å². The summed E-state index contributed by atoms with van der Waals surface area (Å²) in [6.45, 7) is 4.54. The molecule has 2 rings (SSSR count). The largest absolute Gasteiger partial charge is 0.478 e. The highest BCUT2D eigenvalue weighted by atomic mass is 16.6. The lowest BCUT2D eigenvalue weighted by Gasteiger charge is -2.29. The molecular weight excluding hydrogens is 324 g/mol. The fourth-order valence-electron chi connectivity index (χ4n) is 3.22. The molecule has 0 heterocycles. The minimum Gasteiger partial charge on any atom is -0.478 e. The van der Waals surface area contributed by atoms with Crippen molar-refractivity contribution in [3.8, 4) is 0 Å². The number of non-ortho nitro benzene ring substituents is 1. The molecule has 1 aliphatic rings. The number of nitro benzene ring substituents is 1. The van der Waals surface area contributed by atoms with Crippen LogP contribution in [0.1, 0.15) is 52.8 Å². The lowest BCUT2D eigenvalue weighted by molar-refractivity contribution is -0.384. The van der Waals surface area contributed by atoms with Crippen LogP contribution in [0.3, 0.4) is 0 Å². The topological polar surface area (TPSA) is 101 Å². The number of aromatic carboxylic acids is 1. The summed E-state index contributed by atoms with van der Waals surface area (Å²) < 4.78 is 0. The number of carboxylic acids is 1. The molecule has 134 valence electrons. The van der Waals surface area contributed by atoms with Gasteiger partial charge in [-0.1, -0.05) is 25.3 Å². The van der Waals surface area contributed by atoms with Gasteiger partial charge in [-0.05, 0) is 24.8 Å². The molecule has 1 aliphatic carbocycles. The first-order valence-electron chi connectivity index (χ1n) is 8.35. The van der Waals surface area contributed by atoms with Crippen molar-refractivity contribution in [2.24, 2.45) is 5.92 Å². The van der Waals surface area contributed by atoms with Crippen LogP contribution in [-0.4, -0.2) is 39.9 Å². The maximum absolute atomic E-state index is 12.8. The van der Waals surface area contributed by atoms with Crippen LogP contribution in [0, 0.1) is 16.0 Å². The molecule has 0 spiro atoms. The molecule has 1 N–H and O–H groups in total. The lowest BCUT2D eigenvalue weighted by Crippen LogP contribution is -2.36. The predicted octanol–water partition coefficient (Wildman–Crippen LogP) is 3.50. The predicted molar refractivity (Wildman–Crippen MR) is 92.7 cm³/mol. The van der Waals surface area contributed by atoms with Crippen LogP contribution in [0.25, 0.3) is 0 Å². The minimum atomic E-state index is -1.31. The van der Waals surface area contributed by atoms with E-state index in [2.05, 4.69) is 6.58 Å². The van der Waals surface area contributed by atoms with E-state index in [-0.39, 0.29) is 11.1 Å². The maximum Gasteiger partial charge on any atom is 0.335 e. The third-order valence-corrected chi connectivity index (χ3v) is 4.46. The van der Waals surface area contributed by atoms with E-state index in [1.54, 1.807) is 11.0 Å². The first-order valence-corrected chi connectivity index (χ1v) is 8.35. The van der Waals surface area contributed by atoms with Gasteiger partial charge >= 0.3 is 5.97 Å². The number of benzene rings is 1. The Hall–Kier alpha value is -2.70. The monoisotopic (exact) mass is 346 g/mol. The summed E-state index contributed by atoms with van der Waals surface area (Å²) in [4.78, 5) is 36.0. The molecule has 0 aromatic heterocycles. The molecule has 1 fully saturated rings. The summed E-state index contributed by atoms with van der Waals surface area (Å²) in [7, 11) is 0. The zero-order valence-corrected chi connectivity index (χ0v) is 14.0. The minimum absolute atomic E-state index is 0.0178. The van der Waals surface area contributed by atoms with E-state index in [1.807, 2.05) is 0 Å². The summed E-state index contributed by atoms with van der Waals surface area (Å²) in [6, 6.07) is 3.28. The Bertz CT molecular complexity index is 648. The Morgan fingerprint density at radius 2 is 1.88 bits per heavy atom. The fourth-order valence-corrected chi connectivity index (χ4v) is 3.22. The third kappa shape index (κ3) is 4.89. The lowest BCUT2D eigenvalue weighted by atomic mass is 9.89. The van der Waals surface area contributed by atoms with E-state index in [4.69, 9.17) is 5.11 Å². The van der Waals surface area contributed by atoms with Gasteiger partial charge in [-0.15, -0.1) is 6.58 Å². The molecule has 0 atom stereocenters. The number of hydrogen-bond donors (Lipinski definition) is 1. The maximum atomic E-state index is 12.8. The van der Waals surface area contributed by atoms with E-state index in [1.165, 1.54) is 12.5 Å². The molecule has 7 heteroatoms. The average Bonchev–Trinajstić information content (AvgIpc) is 2.61. The van der Waals surface area contributed by atoms with Gasteiger partial charge in [0.2, 0.25) is 0 Å². The Labute approximate surface area is 146 Å². The van der Waals surface area contributed by atoms with Gasteiger partial charge in [0.1, 0.15) is 0 Å². The van der Waals surface area contributed by atoms with Gasteiger partial charge in [-0.25, -0.2) is 4.79 Å². The first kappa shape index (κ1) is 18.6. The third-order valence-electron chi connectivity index (χ3n) is 4.46. The van der Waals surface area contributed by atoms with E-state index in [0.717, 1.165) is 37.8 Å². The highest BCUT2D eigenvalue weighted by Crippen LogP contribution is 2.25. The fraction of sp³-hybridized carbons (Fsp3) is 0.444. The van der Waals surface area contributed by atoms with Crippen molar-refractivity contribution >= 4 is 17.6 Å². The van der Waals surface area contributed by atoms with Crippen LogP contribution in [0.15, 0.2) is 30.9 Å². The van der Waals surface area contributed by atoms with Crippen molar-refractivity contribution in [1.29, 1.82) is 0 Å². The van der Waals surface area contributed by atoms with Crippen LogP contribution in [0.4, 0.5) is 5.69 Å². The molecule has 0 aliphatic heterocycles. The van der Waals surface area contributed by atoms with Crippen molar-refractivity contribution in [2.45, 2.75) is 32.1 Å². The van der Waals surface area contributed by atoms with Crippen molar-refractivity contribution in [1.82, 2.24) is 4.90 Å². The molecule has 0 bridgehead atoms.